The molecule has 0 amide bonds. The number of rotatable bonds is 5. The van der Waals surface area contributed by atoms with Gasteiger partial charge in [0.05, 0.1) is 0 Å². The highest BCUT2D eigenvalue weighted by molar-refractivity contribution is 5.62. The number of nitrogens with zero attached hydrogens (tertiary/aromatic N) is 4. The molecule has 27 heavy (non-hydrogen) atoms. The largest absolute Gasteiger partial charge is 0.356 e. The first-order valence-electron chi connectivity index (χ1n) is 9.74. The van der Waals surface area contributed by atoms with Gasteiger partial charge in [-0.3, -0.25) is 0 Å². The third-order valence-corrected chi connectivity index (χ3v) is 5.06. The maximum absolute atomic E-state index is 4.90. The Morgan fingerprint density at radius 1 is 0.852 bits per heavy atom. The fraction of sp³-hybridized carbons (Fsp3) is 0.304. The normalized spacial score (nSPS) is 14.2. The second kappa shape index (κ2) is 8.21. The predicted octanol–water partition coefficient (Wildman–Crippen LogP) is 4.77. The predicted molar refractivity (Wildman–Crippen MR) is 112 cm³/mol. The van der Waals surface area contributed by atoms with E-state index in [1.165, 1.54) is 24.8 Å². The number of benzene rings is 2. The highest BCUT2D eigenvalue weighted by Crippen LogP contribution is 2.26. The van der Waals surface area contributed by atoms with E-state index >= 15 is 0 Å². The number of hydrogen-bond donors (Lipinski definition) is 0. The van der Waals surface area contributed by atoms with Gasteiger partial charge in [0, 0.05) is 38.3 Å². The van der Waals surface area contributed by atoms with Gasteiger partial charge in [-0.05, 0) is 24.8 Å². The van der Waals surface area contributed by atoms with E-state index in [1.807, 2.05) is 18.2 Å². The van der Waals surface area contributed by atoms with Crippen molar-refractivity contribution in [3.8, 4) is 11.4 Å². The Bertz CT molecular complexity index is 858. The van der Waals surface area contributed by atoms with E-state index in [0.717, 1.165) is 42.7 Å². The van der Waals surface area contributed by atoms with E-state index in [1.54, 1.807) is 0 Å². The molecule has 2 aromatic carbocycles. The van der Waals surface area contributed by atoms with Crippen LogP contribution in [-0.2, 0) is 6.54 Å². The Morgan fingerprint density at radius 2 is 1.52 bits per heavy atom. The lowest BCUT2D eigenvalue weighted by Gasteiger charge is -2.29. The Labute approximate surface area is 161 Å². The summed E-state index contributed by atoms with van der Waals surface area (Å²) in [6, 6.07) is 22.9. The highest BCUT2D eigenvalue weighted by atomic mass is 15.2. The summed E-state index contributed by atoms with van der Waals surface area (Å²) in [5.41, 5.74) is 2.34. The van der Waals surface area contributed by atoms with Crippen LogP contribution in [0.4, 0.5) is 11.6 Å². The lowest BCUT2D eigenvalue weighted by atomic mass is 10.1. The van der Waals surface area contributed by atoms with Gasteiger partial charge < -0.3 is 9.80 Å². The van der Waals surface area contributed by atoms with Crippen LogP contribution < -0.4 is 9.80 Å². The van der Waals surface area contributed by atoms with E-state index in [9.17, 15) is 0 Å². The zero-order chi connectivity index (χ0) is 18.5. The van der Waals surface area contributed by atoms with Crippen LogP contribution in [0.15, 0.2) is 66.7 Å². The molecule has 138 valence electrons. The minimum Gasteiger partial charge on any atom is -0.356 e. The molecule has 0 atom stereocenters. The monoisotopic (exact) mass is 358 g/mol. The van der Waals surface area contributed by atoms with Crippen LogP contribution >= 0.6 is 0 Å². The van der Waals surface area contributed by atoms with Crippen molar-refractivity contribution in [1.82, 2.24) is 9.97 Å². The van der Waals surface area contributed by atoms with Crippen LogP contribution in [0.5, 0.6) is 0 Å². The quantitative estimate of drug-likeness (QED) is 0.658. The van der Waals surface area contributed by atoms with Crippen molar-refractivity contribution in [3.63, 3.8) is 0 Å². The average Bonchev–Trinajstić information content (AvgIpc) is 2.75. The maximum atomic E-state index is 4.90. The highest BCUT2D eigenvalue weighted by Gasteiger charge is 2.17. The summed E-state index contributed by atoms with van der Waals surface area (Å²) >= 11 is 0. The number of aromatic nitrogens is 2. The van der Waals surface area contributed by atoms with Gasteiger partial charge in [-0.2, -0.15) is 0 Å². The van der Waals surface area contributed by atoms with Gasteiger partial charge in [-0.25, -0.2) is 9.97 Å². The molecule has 4 rings (SSSR count). The Kier molecular flexibility index (Phi) is 5.33. The smallest absolute Gasteiger partial charge is 0.163 e. The molecule has 1 aliphatic heterocycles. The molecule has 0 aliphatic carbocycles. The molecule has 0 spiro atoms. The molecule has 4 nitrogen and oxygen atoms in total. The molecule has 0 unspecified atom stereocenters. The number of hydrogen-bond acceptors (Lipinski definition) is 4. The summed E-state index contributed by atoms with van der Waals surface area (Å²) in [4.78, 5) is 14.4. The van der Waals surface area contributed by atoms with Crippen LogP contribution in [0.25, 0.3) is 11.4 Å². The molecular formula is C23H26N4. The molecule has 1 aromatic heterocycles. The Balaban J connectivity index is 1.68. The summed E-state index contributed by atoms with van der Waals surface area (Å²) in [5.74, 6) is 2.81. The first kappa shape index (κ1) is 17.5. The van der Waals surface area contributed by atoms with Crippen molar-refractivity contribution in [2.24, 2.45) is 0 Å². The van der Waals surface area contributed by atoms with Crippen molar-refractivity contribution in [1.29, 1.82) is 0 Å². The van der Waals surface area contributed by atoms with Crippen molar-refractivity contribution < 1.29 is 0 Å². The zero-order valence-corrected chi connectivity index (χ0v) is 15.9. The molecular weight excluding hydrogens is 332 g/mol. The fourth-order valence-corrected chi connectivity index (χ4v) is 3.56. The van der Waals surface area contributed by atoms with E-state index in [2.05, 4.69) is 65.4 Å². The molecule has 1 aliphatic rings. The van der Waals surface area contributed by atoms with Crippen LogP contribution in [0.1, 0.15) is 24.8 Å². The van der Waals surface area contributed by atoms with Gasteiger partial charge in [-0.1, -0.05) is 60.7 Å². The molecule has 1 saturated heterocycles. The summed E-state index contributed by atoms with van der Waals surface area (Å²) in [5, 5.41) is 0. The lowest BCUT2D eigenvalue weighted by Crippen LogP contribution is -2.30. The molecule has 2 heterocycles. The van der Waals surface area contributed by atoms with Crippen LogP contribution in [0, 0.1) is 0 Å². The van der Waals surface area contributed by atoms with Gasteiger partial charge >= 0.3 is 0 Å². The van der Waals surface area contributed by atoms with Gasteiger partial charge in [0.25, 0.3) is 0 Å². The molecule has 1 fully saturated rings. The molecule has 0 N–H and O–H groups in total. The van der Waals surface area contributed by atoms with Gasteiger partial charge in [0.15, 0.2) is 5.82 Å². The van der Waals surface area contributed by atoms with Crippen molar-refractivity contribution in [2.75, 3.05) is 29.9 Å². The SMILES string of the molecule is CN(Cc1ccccc1)c1cc(N2CCCCC2)nc(-c2ccccc2)n1. The van der Waals surface area contributed by atoms with E-state index in [-0.39, 0.29) is 0 Å². The van der Waals surface area contributed by atoms with Crippen molar-refractivity contribution in [3.05, 3.63) is 72.3 Å². The Hall–Kier alpha value is -2.88. The first-order valence-corrected chi connectivity index (χ1v) is 9.74. The second-order valence-corrected chi connectivity index (χ2v) is 7.16. The fourth-order valence-electron chi connectivity index (χ4n) is 3.56. The third-order valence-electron chi connectivity index (χ3n) is 5.06. The summed E-state index contributed by atoms with van der Waals surface area (Å²) < 4.78 is 0. The third kappa shape index (κ3) is 4.27. The minimum absolute atomic E-state index is 0.800. The van der Waals surface area contributed by atoms with Crippen LogP contribution in [0.2, 0.25) is 0 Å². The van der Waals surface area contributed by atoms with E-state index in [4.69, 9.17) is 9.97 Å². The van der Waals surface area contributed by atoms with Crippen LogP contribution in [-0.4, -0.2) is 30.1 Å². The lowest BCUT2D eigenvalue weighted by molar-refractivity contribution is 0.573. The summed E-state index contributed by atoms with van der Waals surface area (Å²) in [7, 11) is 2.10. The molecule has 0 bridgehead atoms. The van der Waals surface area contributed by atoms with Crippen LogP contribution in [0.3, 0.4) is 0 Å². The zero-order valence-electron chi connectivity index (χ0n) is 15.9. The number of piperidine rings is 1. The van der Waals surface area contributed by atoms with Crippen molar-refractivity contribution >= 4 is 11.6 Å². The van der Waals surface area contributed by atoms with E-state index in [0.29, 0.717) is 0 Å². The molecule has 0 radical (unpaired) electrons. The standard InChI is InChI=1S/C23H26N4/c1-26(18-19-11-5-2-6-12-19)21-17-22(27-15-9-4-10-16-27)25-23(24-21)20-13-7-3-8-14-20/h2-3,5-8,11-14,17H,4,9-10,15-16,18H2,1H3. The Morgan fingerprint density at radius 3 is 2.22 bits per heavy atom. The van der Waals surface area contributed by atoms with Gasteiger partial charge in [0.2, 0.25) is 0 Å². The van der Waals surface area contributed by atoms with Crippen molar-refractivity contribution in [2.45, 2.75) is 25.8 Å². The van der Waals surface area contributed by atoms with Gasteiger partial charge in [0.1, 0.15) is 11.6 Å². The van der Waals surface area contributed by atoms with Gasteiger partial charge in [-0.15, -0.1) is 0 Å². The first-order chi connectivity index (χ1) is 13.3. The minimum atomic E-state index is 0.800. The summed E-state index contributed by atoms with van der Waals surface area (Å²) in [6.07, 6.45) is 3.79. The topological polar surface area (TPSA) is 32.3 Å². The molecule has 3 aromatic rings. The molecule has 4 heteroatoms. The number of anilines is 2. The second-order valence-electron chi connectivity index (χ2n) is 7.16. The maximum Gasteiger partial charge on any atom is 0.163 e. The van der Waals surface area contributed by atoms with E-state index < -0.39 is 0 Å². The summed E-state index contributed by atoms with van der Waals surface area (Å²) in [6.45, 7) is 2.98. The average molecular weight is 358 g/mol. The molecule has 0 saturated carbocycles.